The van der Waals surface area contributed by atoms with E-state index in [-0.39, 0.29) is 16.7 Å². The van der Waals surface area contributed by atoms with Gasteiger partial charge in [0.25, 0.3) is 0 Å². The second-order valence-corrected chi connectivity index (χ2v) is 7.39. The summed E-state index contributed by atoms with van der Waals surface area (Å²) in [6, 6.07) is 3.77. The van der Waals surface area contributed by atoms with Gasteiger partial charge < -0.3 is 10.1 Å². The van der Waals surface area contributed by atoms with Crippen molar-refractivity contribution in [3.63, 3.8) is 0 Å². The zero-order valence-electron chi connectivity index (χ0n) is 11.7. The summed E-state index contributed by atoms with van der Waals surface area (Å²) in [6.45, 7) is 3.38. The number of hydrogen-bond donors (Lipinski definition) is 1. The Bertz CT molecular complexity index is 574. The van der Waals surface area contributed by atoms with Crippen LogP contribution in [0.25, 0.3) is 0 Å². The maximum absolute atomic E-state index is 13.4. The molecule has 0 fully saturated rings. The SMILES string of the molecule is COCC(C)CNC1CCS(=O)(=O)c2ccc(F)cc21. The Labute approximate surface area is 119 Å². The molecular weight excluding hydrogens is 281 g/mol. The quantitative estimate of drug-likeness (QED) is 0.844. The van der Waals surface area contributed by atoms with Crippen molar-refractivity contribution in [2.75, 3.05) is 26.0 Å². The molecule has 1 aliphatic heterocycles. The maximum atomic E-state index is 13.4. The van der Waals surface area contributed by atoms with Gasteiger partial charge in [-0.3, -0.25) is 0 Å². The minimum absolute atomic E-state index is 0.0992. The standard InChI is InChI=1S/C14H20FNO3S/c1-10(9-19-2)8-16-13-5-6-20(17,18)14-4-3-11(15)7-12(13)14/h3-4,7,10,13,16H,5-6,8-9H2,1-2H3. The second-order valence-electron chi connectivity index (χ2n) is 5.31. The molecule has 20 heavy (non-hydrogen) atoms. The number of fused-ring (bicyclic) bond motifs is 1. The maximum Gasteiger partial charge on any atom is 0.178 e. The summed E-state index contributed by atoms with van der Waals surface area (Å²) >= 11 is 0. The highest BCUT2D eigenvalue weighted by molar-refractivity contribution is 7.91. The van der Waals surface area contributed by atoms with Crippen molar-refractivity contribution in [3.8, 4) is 0 Å². The molecule has 0 radical (unpaired) electrons. The first-order valence-electron chi connectivity index (χ1n) is 6.68. The van der Waals surface area contributed by atoms with E-state index >= 15 is 0 Å². The van der Waals surface area contributed by atoms with Crippen LogP contribution < -0.4 is 5.32 Å². The lowest BCUT2D eigenvalue weighted by Crippen LogP contribution is -2.33. The van der Waals surface area contributed by atoms with E-state index in [1.165, 1.54) is 18.2 Å². The van der Waals surface area contributed by atoms with Gasteiger partial charge in [-0.25, -0.2) is 12.8 Å². The highest BCUT2D eigenvalue weighted by atomic mass is 32.2. The van der Waals surface area contributed by atoms with E-state index in [0.717, 1.165) is 0 Å². The highest BCUT2D eigenvalue weighted by Crippen LogP contribution is 2.32. The van der Waals surface area contributed by atoms with Gasteiger partial charge in [0.1, 0.15) is 5.82 Å². The van der Waals surface area contributed by atoms with Gasteiger partial charge in [-0.2, -0.15) is 0 Å². The Kier molecular flexibility index (Phi) is 4.78. The summed E-state index contributed by atoms with van der Waals surface area (Å²) in [5.41, 5.74) is 0.542. The molecule has 1 aromatic carbocycles. The Morgan fingerprint density at radius 2 is 2.25 bits per heavy atom. The molecule has 0 aliphatic carbocycles. The number of sulfone groups is 1. The van der Waals surface area contributed by atoms with Gasteiger partial charge in [0, 0.05) is 26.3 Å². The summed E-state index contributed by atoms with van der Waals surface area (Å²) in [6.07, 6.45) is 0.471. The third kappa shape index (κ3) is 3.37. The fourth-order valence-electron chi connectivity index (χ4n) is 2.51. The fraction of sp³-hybridized carbons (Fsp3) is 0.571. The van der Waals surface area contributed by atoms with Gasteiger partial charge in [0.2, 0.25) is 0 Å². The summed E-state index contributed by atoms with van der Waals surface area (Å²) in [4.78, 5) is 0.252. The third-order valence-corrected chi connectivity index (χ3v) is 5.34. The van der Waals surface area contributed by atoms with Crippen LogP contribution in [0, 0.1) is 11.7 Å². The van der Waals surface area contributed by atoms with Crippen molar-refractivity contribution in [3.05, 3.63) is 29.6 Å². The number of nitrogens with one attached hydrogen (secondary N) is 1. The van der Waals surface area contributed by atoms with Crippen LogP contribution in [0.4, 0.5) is 4.39 Å². The molecule has 1 aromatic rings. The number of benzene rings is 1. The second kappa shape index (κ2) is 6.20. The molecule has 112 valence electrons. The van der Waals surface area contributed by atoms with Crippen molar-refractivity contribution in [1.29, 1.82) is 0 Å². The van der Waals surface area contributed by atoms with E-state index in [1.54, 1.807) is 7.11 Å². The van der Waals surface area contributed by atoms with Gasteiger partial charge in [-0.05, 0) is 36.1 Å². The number of halogens is 1. The van der Waals surface area contributed by atoms with E-state index in [4.69, 9.17) is 4.74 Å². The molecule has 0 amide bonds. The number of rotatable bonds is 5. The summed E-state index contributed by atoms with van der Waals surface area (Å²) in [5, 5.41) is 3.32. The molecular formula is C14H20FNO3S. The van der Waals surface area contributed by atoms with Crippen molar-refractivity contribution < 1.29 is 17.5 Å². The van der Waals surface area contributed by atoms with Gasteiger partial charge >= 0.3 is 0 Å². The van der Waals surface area contributed by atoms with Gasteiger partial charge in [0.05, 0.1) is 10.6 Å². The van der Waals surface area contributed by atoms with Gasteiger partial charge in [-0.1, -0.05) is 6.92 Å². The van der Waals surface area contributed by atoms with Crippen LogP contribution in [-0.4, -0.2) is 34.4 Å². The molecule has 2 unspecified atom stereocenters. The van der Waals surface area contributed by atoms with Crippen LogP contribution in [0.2, 0.25) is 0 Å². The Morgan fingerprint density at radius 3 is 2.95 bits per heavy atom. The molecule has 0 saturated carbocycles. The van der Waals surface area contributed by atoms with Crippen LogP contribution >= 0.6 is 0 Å². The minimum atomic E-state index is -3.27. The average molecular weight is 301 g/mol. The first-order chi connectivity index (χ1) is 9.44. The van der Waals surface area contributed by atoms with E-state index in [9.17, 15) is 12.8 Å². The van der Waals surface area contributed by atoms with Crippen LogP contribution in [0.15, 0.2) is 23.1 Å². The normalized spacial score (nSPS) is 22.2. The molecule has 2 atom stereocenters. The smallest absolute Gasteiger partial charge is 0.178 e. The summed E-state index contributed by atoms with van der Waals surface area (Å²) in [5.74, 6) is 0.00947. The van der Waals surface area contributed by atoms with Crippen molar-refractivity contribution in [2.45, 2.75) is 24.3 Å². The molecule has 1 heterocycles. The zero-order valence-corrected chi connectivity index (χ0v) is 12.5. The molecule has 4 nitrogen and oxygen atoms in total. The molecule has 0 spiro atoms. The van der Waals surface area contributed by atoms with Crippen molar-refractivity contribution >= 4 is 9.84 Å². The zero-order chi connectivity index (χ0) is 14.8. The van der Waals surface area contributed by atoms with Crippen molar-refractivity contribution in [2.24, 2.45) is 5.92 Å². The first kappa shape index (κ1) is 15.4. The number of ether oxygens (including phenoxy) is 1. The first-order valence-corrected chi connectivity index (χ1v) is 8.34. The molecule has 6 heteroatoms. The Morgan fingerprint density at radius 1 is 1.50 bits per heavy atom. The van der Waals surface area contributed by atoms with Crippen LogP contribution in [-0.2, 0) is 14.6 Å². The molecule has 0 bridgehead atoms. The monoisotopic (exact) mass is 301 g/mol. The molecule has 2 rings (SSSR count). The van der Waals surface area contributed by atoms with Crippen LogP contribution in [0.3, 0.4) is 0 Å². The highest BCUT2D eigenvalue weighted by Gasteiger charge is 2.30. The lowest BCUT2D eigenvalue weighted by molar-refractivity contribution is 0.156. The van der Waals surface area contributed by atoms with E-state index in [2.05, 4.69) is 5.32 Å². The van der Waals surface area contributed by atoms with Crippen LogP contribution in [0.5, 0.6) is 0 Å². The predicted molar refractivity (Wildman–Crippen MR) is 74.9 cm³/mol. The minimum Gasteiger partial charge on any atom is -0.384 e. The largest absolute Gasteiger partial charge is 0.384 e. The number of hydrogen-bond acceptors (Lipinski definition) is 4. The molecule has 1 N–H and O–H groups in total. The van der Waals surface area contributed by atoms with E-state index < -0.39 is 15.7 Å². The number of methoxy groups -OCH3 is 1. The summed E-state index contributed by atoms with van der Waals surface area (Å²) < 4.78 is 42.5. The average Bonchev–Trinajstić information content (AvgIpc) is 2.38. The van der Waals surface area contributed by atoms with Crippen molar-refractivity contribution in [1.82, 2.24) is 5.32 Å². The Hall–Kier alpha value is -0.980. The lowest BCUT2D eigenvalue weighted by Gasteiger charge is -2.27. The Balaban J connectivity index is 2.19. The van der Waals surface area contributed by atoms with Gasteiger partial charge in [-0.15, -0.1) is 0 Å². The summed E-state index contributed by atoms with van der Waals surface area (Å²) in [7, 11) is -1.62. The predicted octanol–water partition coefficient (Wildman–Crippen LogP) is 1.92. The molecule has 0 aromatic heterocycles. The molecule has 0 saturated heterocycles. The lowest BCUT2D eigenvalue weighted by atomic mass is 10.0. The van der Waals surface area contributed by atoms with Crippen LogP contribution in [0.1, 0.15) is 24.9 Å². The molecule has 1 aliphatic rings. The van der Waals surface area contributed by atoms with Gasteiger partial charge in [0.15, 0.2) is 9.84 Å². The fourth-order valence-corrected chi connectivity index (χ4v) is 4.11. The van der Waals surface area contributed by atoms with E-state index in [0.29, 0.717) is 31.1 Å². The topological polar surface area (TPSA) is 55.4 Å². The third-order valence-electron chi connectivity index (χ3n) is 3.52. The van der Waals surface area contributed by atoms with E-state index in [1.807, 2.05) is 6.92 Å².